The number of hydrogen-bond donors (Lipinski definition) is 1. The number of hydrogen-bond acceptors (Lipinski definition) is 1. The zero-order chi connectivity index (χ0) is 10.8. The second kappa shape index (κ2) is 4.05. The first-order valence-electron chi connectivity index (χ1n) is 5.65. The maximum absolute atomic E-state index is 8.08. The minimum atomic E-state index is 0.520. The second-order valence-corrected chi connectivity index (χ2v) is 4.24. The molecule has 0 unspecified atom stereocenters. The second-order valence-electron chi connectivity index (χ2n) is 4.24. The fraction of sp³-hybridized carbons (Fsp3) is 0.462. The van der Waals surface area contributed by atoms with Crippen LogP contribution >= 0.6 is 0 Å². The molecule has 15 heavy (non-hydrogen) atoms. The standard InChI is InChI=1S/C13H18N2/c1-3-15(13(14)11-6-7-11)12-8-4-10(2)5-9-12/h4-5,8-9,11,14H,3,6-7H2,1-2H3. The van der Waals surface area contributed by atoms with E-state index in [1.807, 2.05) is 0 Å². The molecule has 1 aromatic carbocycles. The van der Waals surface area contributed by atoms with Crippen molar-refractivity contribution in [2.75, 3.05) is 11.4 Å². The third-order valence-corrected chi connectivity index (χ3v) is 2.92. The van der Waals surface area contributed by atoms with Gasteiger partial charge in [0.05, 0.1) is 0 Å². The molecule has 0 aromatic heterocycles. The Bertz CT molecular complexity index is 349. The monoisotopic (exact) mass is 202 g/mol. The molecule has 2 heteroatoms. The summed E-state index contributed by atoms with van der Waals surface area (Å²) in [4.78, 5) is 2.11. The molecule has 1 fully saturated rings. The van der Waals surface area contributed by atoms with Gasteiger partial charge in [-0.05, 0) is 38.8 Å². The maximum atomic E-state index is 8.08. The first kappa shape index (κ1) is 10.2. The highest BCUT2D eigenvalue weighted by Crippen LogP contribution is 2.32. The number of nitrogens with one attached hydrogen (secondary N) is 1. The van der Waals surface area contributed by atoms with Crippen molar-refractivity contribution in [3.05, 3.63) is 29.8 Å². The van der Waals surface area contributed by atoms with E-state index < -0.39 is 0 Å². The average Bonchev–Trinajstić information content (AvgIpc) is 3.05. The van der Waals surface area contributed by atoms with E-state index in [1.54, 1.807) is 0 Å². The maximum Gasteiger partial charge on any atom is 0.103 e. The Morgan fingerprint density at radius 1 is 1.33 bits per heavy atom. The van der Waals surface area contributed by atoms with Crippen molar-refractivity contribution in [1.82, 2.24) is 0 Å². The molecule has 2 rings (SSSR count). The van der Waals surface area contributed by atoms with Gasteiger partial charge in [-0.15, -0.1) is 0 Å². The summed E-state index contributed by atoms with van der Waals surface area (Å²) in [5.74, 6) is 1.31. The highest BCUT2D eigenvalue weighted by atomic mass is 15.2. The van der Waals surface area contributed by atoms with E-state index in [2.05, 4.69) is 43.0 Å². The van der Waals surface area contributed by atoms with Crippen LogP contribution < -0.4 is 4.90 Å². The molecule has 0 heterocycles. The number of rotatable bonds is 3. The predicted octanol–water partition coefficient (Wildman–Crippen LogP) is 3.21. The SMILES string of the molecule is CCN(C(=N)C1CC1)c1ccc(C)cc1. The minimum Gasteiger partial charge on any atom is -0.330 e. The molecule has 0 amide bonds. The van der Waals surface area contributed by atoms with Gasteiger partial charge in [0.1, 0.15) is 5.84 Å². The third kappa shape index (κ3) is 2.20. The van der Waals surface area contributed by atoms with Crippen LogP contribution in [-0.2, 0) is 0 Å². The van der Waals surface area contributed by atoms with Gasteiger partial charge in [0, 0.05) is 18.2 Å². The van der Waals surface area contributed by atoms with Crippen molar-refractivity contribution in [2.24, 2.45) is 5.92 Å². The van der Waals surface area contributed by atoms with Gasteiger partial charge in [-0.1, -0.05) is 17.7 Å². The van der Waals surface area contributed by atoms with Crippen molar-refractivity contribution in [2.45, 2.75) is 26.7 Å². The lowest BCUT2D eigenvalue weighted by molar-refractivity contribution is 0.979. The van der Waals surface area contributed by atoms with Crippen LogP contribution in [0.15, 0.2) is 24.3 Å². The van der Waals surface area contributed by atoms with Crippen LogP contribution in [0.25, 0.3) is 0 Å². The topological polar surface area (TPSA) is 27.1 Å². The summed E-state index contributed by atoms with van der Waals surface area (Å²) in [6.07, 6.45) is 2.39. The lowest BCUT2D eigenvalue weighted by atomic mass is 10.2. The molecular formula is C13H18N2. The van der Waals surface area contributed by atoms with E-state index in [0.29, 0.717) is 5.92 Å². The first-order chi connectivity index (χ1) is 7.22. The van der Waals surface area contributed by atoms with Crippen molar-refractivity contribution in [1.29, 1.82) is 5.41 Å². The molecule has 2 nitrogen and oxygen atoms in total. The Labute approximate surface area is 91.4 Å². The van der Waals surface area contributed by atoms with E-state index in [9.17, 15) is 0 Å². The van der Waals surface area contributed by atoms with E-state index in [4.69, 9.17) is 5.41 Å². The Balaban J connectivity index is 2.18. The molecule has 0 radical (unpaired) electrons. The fourth-order valence-corrected chi connectivity index (χ4v) is 1.79. The van der Waals surface area contributed by atoms with Gasteiger partial charge in [0.25, 0.3) is 0 Å². The summed E-state index contributed by atoms with van der Waals surface area (Å²) >= 11 is 0. The number of benzene rings is 1. The molecule has 80 valence electrons. The molecule has 1 aliphatic rings. The van der Waals surface area contributed by atoms with Crippen LogP contribution in [0, 0.1) is 18.3 Å². The van der Waals surface area contributed by atoms with Gasteiger partial charge in [0.15, 0.2) is 0 Å². The average molecular weight is 202 g/mol. The van der Waals surface area contributed by atoms with Gasteiger partial charge in [-0.3, -0.25) is 5.41 Å². The Morgan fingerprint density at radius 3 is 2.40 bits per heavy atom. The third-order valence-electron chi connectivity index (χ3n) is 2.92. The highest BCUT2D eigenvalue weighted by Gasteiger charge is 2.30. The zero-order valence-corrected chi connectivity index (χ0v) is 9.46. The summed E-state index contributed by atoms with van der Waals surface area (Å²) < 4.78 is 0. The van der Waals surface area contributed by atoms with E-state index in [1.165, 1.54) is 18.4 Å². The number of amidine groups is 1. The van der Waals surface area contributed by atoms with Crippen LogP contribution in [-0.4, -0.2) is 12.4 Å². The largest absolute Gasteiger partial charge is 0.330 e. The minimum absolute atomic E-state index is 0.520. The number of anilines is 1. The van der Waals surface area contributed by atoms with E-state index >= 15 is 0 Å². The normalized spacial score (nSPS) is 15.1. The van der Waals surface area contributed by atoms with Crippen LogP contribution in [0.1, 0.15) is 25.3 Å². The van der Waals surface area contributed by atoms with Gasteiger partial charge < -0.3 is 4.90 Å². The number of nitrogens with zero attached hydrogens (tertiary/aromatic N) is 1. The van der Waals surface area contributed by atoms with Crippen molar-refractivity contribution in [3.8, 4) is 0 Å². The van der Waals surface area contributed by atoms with E-state index in [0.717, 1.165) is 18.1 Å². The Morgan fingerprint density at radius 2 is 1.93 bits per heavy atom. The molecule has 0 spiro atoms. The molecule has 0 aliphatic heterocycles. The summed E-state index contributed by atoms with van der Waals surface area (Å²) in [6.45, 7) is 5.08. The zero-order valence-electron chi connectivity index (χ0n) is 9.46. The summed E-state index contributed by atoms with van der Waals surface area (Å²) in [6, 6.07) is 8.43. The lowest BCUT2D eigenvalue weighted by Gasteiger charge is -2.23. The molecule has 0 bridgehead atoms. The molecule has 1 aromatic rings. The fourth-order valence-electron chi connectivity index (χ4n) is 1.79. The lowest BCUT2D eigenvalue weighted by Crippen LogP contribution is -2.31. The Hall–Kier alpha value is -1.31. The quantitative estimate of drug-likeness (QED) is 0.591. The molecule has 1 N–H and O–H groups in total. The van der Waals surface area contributed by atoms with Crippen LogP contribution in [0.2, 0.25) is 0 Å². The van der Waals surface area contributed by atoms with Crippen molar-refractivity contribution >= 4 is 11.5 Å². The van der Waals surface area contributed by atoms with Crippen LogP contribution in [0.3, 0.4) is 0 Å². The van der Waals surface area contributed by atoms with Crippen LogP contribution in [0.5, 0.6) is 0 Å². The molecule has 1 saturated carbocycles. The van der Waals surface area contributed by atoms with Crippen molar-refractivity contribution < 1.29 is 0 Å². The van der Waals surface area contributed by atoms with Gasteiger partial charge in [-0.2, -0.15) is 0 Å². The smallest absolute Gasteiger partial charge is 0.103 e. The molecule has 1 aliphatic carbocycles. The highest BCUT2D eigenvalue weighted by molar-refractivity contribution is 5.98. The summed E-state index contributed by atoms with van der Waals surface area (Å²) in [5, 5.41) is 8.08. The van der Waals surface area contributed by atoms with Crippen molar-refractivity contribution in [3.63, 3.8) is 0 Å². The number of aryl methyl sites for hydroxylation is 1. The van der Waals surface area contributed by atoms with Gasteiger partial charge >= 0.3 is 0 Å². The predicted molar refractivity (Wildman–Crippen MR) is 64.6 cm³/mol. The molecule has 0 saturated heterocycles. The van der Waals surface area contributed by atoms with E-state index in [-0.39, 0.29) is 0 Å². The van der Waals surface area contributed by atoms with Gasteiger partial charge in [0.2, 0.25) is 0 Å². The molecule has 0 atom stereocenters. The Kier molecular flexibility index (Phi) is 2.76. The summed E-state index contributed by atoms with van der Waals surface area (Å²) in [5.41, 5.74) is 2.42. The van der Waals surface area contributed by atoms with Gasteiger partial charge in [-0.25, -0.2) is 0 Å². The summed E-state index contributed by atoms with van der Waals surface area (Å²) in [7, 11) is 0. The first-order valence-corrected chi connectivity index (χ1v) is 5.65. The van der Waals surface area contributed by atoms with Crippen LogP contribution in [0.4, 0.5) is 5.69 Å². The molecular weight excluding hydrogens is 184 g/mol.